The third-order valence-electron chi connectivity index (χ3n) is 3.13. The minimum atomic E-state index is -0.129. The summed E-state index contributed by atoms with van der Waals surface area (Å²) in [5.74, 6) is -0.129. The monoisotopic (exact) mass is 222 g/mol. The van der Waals surface area contributed by atoms with E-state index in [0.717, 1.165) is 12.1 Å². The molecule has 16 heavy (non-hydrogen) atoms. The molecule has 0 aliphatic carbocycles. The van der Waals surface area contributed by atoms with Gasteiger partial charge in [-0.3, -0.25) is 4.90 Å². The predicted molar refractivity (Wildman–Crippen MR) is 63.7 cm³/mol. The number of nitrogens with zero attached hydrogens (tertiary/aromatic N) is 1. The van der Waals surface area contributed by atoms with E-state index in [9.17, 15) is 4.39 Å². The lowest BCUT2D eigenvalue weighted by Gasteiger charge is -2.15. The molecule has 1 saturated heterocycles. The molecule has 0 unspecified atom stereocenters. The lowest BCUT2D eigenvalue weighted by atomic mass is 10.1. The van der Waals surface area contributed by atoms with Crippen LogP contribution in [0.1, 0.15) is 24.0 Å². The molecule has 0 amide bonds. The first-order chi connectivity index (χ1) is 7.79. The molecule has 0 spiro atoms. The summed E-state index contributed by atoms with van der Waals surface area (Å²) >= 11 is 0. The third kappa shape index (κ3) is 2.80. The molecule has 88 valence electrons. The van der Waals surface area contributed by atoms with E-state index in [1.54, 1.807) is 6.07 Å². The molecular formula is C13H19FN2. The maximum atomic E-state index is 13.4. The Kier molecular flexibility index (Phi) is 3.91. The first-order valence-electron chi connectivity index (χ1n) is 5.99. The maximum absolute atomic E-state index is 13.4. The van der Waals surface area contributed by atoms with Gasteiger partial charge in [-0.2, -0.15) is 0 Å². The zero-order valence-corrected chi connectivity index (χ0v) is 9.58. The van der Waals surface area contributed by atoms with Gasteiger partial charge in [0.15, 0.2) is 0 Å². The van der Waals surface area contributed by atoms with Gasteiger partial charge in [-0.1, -0.05) is 12.1 Å². The molecule has 1 heterocycles. The fourth-order valence-electron chi connectivity index (χ4n) is 2.27. The van der Waals surface area contributed by atoms with E-state index in [1.807, 2.05) is 12.1 Å². The summed E-state index contributed by atoms with van der Waals surface area (Å²) in [4.78, 5) is 2.42. The highest BCUT2D eigenvalue weighted by atomic mass is 19.1. The largest absolute Gasteiger partial charge is 0.330 e. The number of nitrogens with two attached hydrogens (primary N) is 1. The molecule has 0 bridgehead atoms. The van der Waals surface area contributed by atoms with Crippen LogP contribution in [0.3, 0.4) is 0 Å². The van der Waals surface area contributed by atoms with Crippen LogP contribution in [-0.2, 0) is 13.0 Å². The van der Waals surface area contributed by atoms with Gasteiger partial charge < -0.3 is 5.73 Å². The van der Waals surface area contributed by atoms with Gasteiger partial charge in [-0.05, 0) is 56.1 Å². The van der Waals surface area contributed by atoms with Gasteiger partial charge >= 0.3 is 0 Å². The molecule has 1 aliphatic heterocycles. The van der Waals surface area contributed by atoms with Crippen molar-refractivity contribution in [3.63, 3.8) is 0 Å². The highest BCUT2D eigenvalue weighted by Crippen LogP contribution is 2.16. The Labute approximate surface area is 96.2 Å². The normalized spacial score (nSPS) is 16.9. The Morgan fingerprint density at radius 3 is 2.69 bits per heavy atom. The number of rotatable bonds is 4. The first kappa shape index (κ1) is 11.6. The van der Waals surface area contributed by atoms with Crippen LogP contribution in [0.2, 0.25) is 0 Å². The van der Waals surface area contributed by atoms with Gasteiger partial charge in [0.2, 0.25) is 0 Å². The average Bonchev–Trinajstić information content (AvgIpc) is 2.76. The van der Waals surface area contributed by atoms with E-state index in [2.05, 4.69) is 4.90 Å². The van der Waals surface area contributed by atoms with Crippen LogP contribution in [0.4, 0.5) is 4.39 Å². The molecule has 0 radical (unpaired) electrons. The second kappa shape index (κ2) is 5.41. The lowest BCUT2D eigenvalue weighted by Crippen LogP contribution is -2.18. The summed E-state index contributed by atoms with van der Waals surface area (Å²) in [6.45, 7) is 3.79. The van der Waals surface area contributed by atoms with Crippen LogP contribution in [0.15, 0.2) is 18.2 Å². The van der Waals surface area contributed by atoms with Gasteiger partial charge in [0.1, 0.15) is 5.82 Å². The molecule has 1 aromatic carbocycles. The Morgan fingerprint density at radius 2 is 2.00 bits per heavy atom. The topological polar surface area (TPSA) is 29.3 Å². The van der Waals surface area contributed by atoms with Crippen molar-refractivity contribution in [2.75, 3.05) is 19.6 Å². The Hall–Kier alpha value is -0.930. The molecule has 1 fully saturated rings. The summed E-state index contributed by atoms with van der Waals surface area (Å²) in [5, 5.41) is 0. The molecule has 2 rings (SSSR count). The van der Waals surface area contributed by atoms with E-state index in [0.29, 0.717) is 13.0 Å². The van der Waals surface area contributed by atoms with Crippen LogP contribution >= 0.6 is 0 Å². The number of likely N-dealkylation sites (tertiary alicyclic amines) is 1. The summed E-state index contributed by atoms with van der Waals surface area (Å²) in [5.41, 5.74) is 7.42. The average molecular weight is 222 g/mol. The van der Waals surface area contributed by atoms with Crippen molar-refractivity contribution in [3.05, 3.63) is 35.1 Å². The SMILES string of the molecule is NCCc1cc(CN2CCCC2)ccc1F. The Bertz CT molecular complexity index is 346. The van der Waals surface area contributed by atoms with Crippen LogP contribution in [0.5, 0.6) is 0 Å². The number of benzene rings is 1. The van der Waals surface area contributed by atoms with E-state index in [1.165, 1.54) is 31.5 Å². The van der Waals surface area contributed by atoms with Crippen LogP contribution in [0, 0.1) is 5.82 Å². The van der Waals surface area contributed by atoms with Crippen molar-refractivity contribution < 1.29 is 4.39 Å². The highest BCUT2D eigenvalue weighted by molar-refractivity contribution is 5.25. The summed E-state index contributed by atoms with van der Waals surface area (Å²) in [6.07, 6.45) is 3.20. The van der Waals surface area contributed by atoms with Crippen molar-refractivity contribution in [1.82, 2.24) is 4.90 Å². The van der Waals surface area contributed by atoms with Gasteiger partial charge in [-0.15, -0.1) is 0 Å². The van der Waals surface area contributed by atoms with Crippen molar-refractivity contribution >= 4 is 0 Å². The highest BCUT2D eigenvalue weighted by Gasteiger charge is 2.12. The summed E-state index contributed by atoms with van der Waals surface area (Å²) < 4.78 is 13.4. The van der Waals surface area contributed by atoms with E-state index >= 15 is 0 Å². The van der Waals surface area contributed by atoms with Gasteiger partial charge in [0, 0.05) is 6.54 Å². The second-order valence-electron chi connectivity index (χ2n) is 4.45. The maximum Gasteiger partial charge on any atom is 0.126 e. The molecule has 1 aliphatic rings. The molecule has 3 heteroatoms. The fraction of sp³-hybridized carbons (Fsp3) is 0.538. The molecule has 1 aromatic rings. The van der Waals surface area contributed by atoms with Crippen molar-refractivity contribution in [1.29, 1.82) is 0 Å². The smallest absolute Gasteiger partial charge is 0.126 e. The predicted octanol–water partition coefficient (Wildman–Crippen LogP) is 1.92. The fourth-order valence-corrected chi connectivity index (χ4v) is 2.27. The molecule has 0 aromatic heterocycles. The molecule has 2 N–H and O–H groups in total. The summed E-state index contributed by atoms with van der Waals surface area (Å²) in [7, 11) is 0. The zero-order chi connectivity index (χ0) is 11.4. The van der Waals surface area contributed by atoms with Crippen LogP contribution in [0.25, 0.3) is 0 Å². The number of hydrogen-bond donors (Lipinski definition) is 1. The first-order valence-corrected chi connectivity index (χ1v) is 5.99. The van der Waals surface area contributed by atoms with Gasteiger partial charge in [-0.25, -0.2) is 4.39 Å². The van der Waals surface area contributed by atoms with Gasteiger partial charge in [0.25, 0.3) is 0 Å². The number of hydrogen-bond acceptors (Lipinski definition) is 2. The zero-order valence-electron chi connectivity index (χ0n) is 9.58. The second-order valence-corrected chi connectivity index (χ2v) is 4.45. The Balaban J connectivity index is 2.05. The minimum absolute atomic E-state index is 0.129. The van der Waals surface area contributed by atoms with Crippen LogP contribution < -0.4 is 5.73 Å². The van der Waals surface area contributed by atoms with Crippen molar-refractivity contribution in [3.8, 4) is 0 Å². The van der Waals surface area contributed by atoms with E-state index in [-0.39, 0.29) is 5.82 Å². The molecule has 2 nitrogen and oxygen atoms in total. The Morgan fingerprint density at radius 1 is 1.25 bits per heavy atom. The molecule has 0 saturated carbocycles. The quantitative estimate of drug-likeness (QED) is 0.843. The van der Waals surface area contributed by atoms with Gasteiger partial charge in [0.05, 0.1) is 0 Å². The van der Waals surface area contributed by atoms with Crippen molar-refractivity contribution in [2.45, 2.75) is 25.8 Å². The molecular weight excluding hydrogens is 203 g/mol. The third-order valence-corrected chi connectivity index (χ3v) is 3.13. The minimum Gasteiger partial charge on any atom is -0.330 e. The number of halogens is 1. The summed E-state index contributed by atoms with van der Waals surface area (Å²) in [6, 6.07) is 5.41. The van der Waals surface area contributed by atoms with E-state index in [4.69, 9.17) is 5.73 Å². The van der Waals surface area contributed by atoms with Crippen LogP contribution in [-0.4, -0.2) is 24.5 Å². The van der Waals surface area contributed by atoms with E-state index < -0.39 is 0 Å². The standard InChI is InChI=1S/C13H19FN2/c14-13-4-3-11(9-12(13)5-6-15)10-16-7-1-2-8-16/h3-4,9H,1-2,5-8,10,15H2. The van der Waals surface area contributed by atoms with Crippen molar-refractivity contribution in [2.24, 2.45) is 5.73 Å². The lowest BCUT2D eigenvalue weighted by molar-refractivity contribution is 0.331. The molecule has 0 atom stereocenters.